The van der Waals surface area contributed by atoms with Gasteiger partial charge in [0.15, 0.2) is 0 Å². The molecular weight excluding hydrogens is 272 g/mol. The lowest BCUT2D eigenvalue weighted by Gasteiger charge is -2.06. The SMILES string of the molecule is CCOC(=O)CSc1nc(N)nc(SC)c1C#N. The van der Waals surface area contributed by atoms with E-state index in [9.17, 15) is 4.79 Å². The largest absolute Gasteiger partial charge is 0.465 e. The summed E-state index contributed by atoms with van der Waals surface area (Å²) in [4.78, 5) is 19.2. The van der Waals surface area contributed by atoms with E-state index < -0.39 is 0 Å². The number of nitrogens with two attached hydrogens (primary N) is 1. The Morgan fingerprint density at radius 2 is 2.17 bits per heavy atom. The lowest BCUT2D eigenvalue weighted by Crippen LogP contribution is -2.08. The standard InChI is InChI=1S/C10H12N4O2S2/c1-3-16-7(15)5-18-9-6(4-11)8(17-2)13-10(12)14-9/h3,5H2,1-2H3,(H2,12,13,14). The number of aromatic nitrogens is 2. The van der Waals surface area contributed by atoms with Gasteiger partial charge in [0.25, 0.3) is 0 Å². The summed E-state index contributed by atoms with van der Waals surface area (Å²) in [5, 5.41) is 9.99. The molecule has 1 rings (SSSR count). The molecule has 0 aliphatic heterocycles. The Morgan fingerprint density at radius 3 is 2.72 bits per heavy atom. The average Bonchev–Trinajstić information content (AvgIpc) is 2.35. The molecule has 0 saturated carbocycles. The first-order valence-electron chi connectivity index (χ1n) is 5.02. The fourth-order valence-electron chi connectivity index (χ4n) is 1.11. The van der Waals surface area contributed by atoms with Gasteiger partial charge in [0.1, 0.15) is 21.7 Å². The summed E-state index contributed by atoms with van der Waals surface area (Å²) < 4.78 is 4.80. The Labute approximate surface area is 113 Å². The summed E-state index contributed by atoms with van der Waals surface area (Å²) in [6.07, 6.45) is 1.79. The summed E-state index contributed by atoms with van der Waals surface area (Å²) in [6.45, 7) is 2.06. The molecular formula is C10H12N4O2S2. The molecule has 0 amide bonds. The summed E-state index contributed by atoms with van der Waals surface area (Å²) in [5.41, 5.74) is 5.89. The molecule has 1 aromatic heterocycles. The Kier molecular flexibility index (Phi) is 5.74. The lowest BCUT2D eigenvalue weighted by atomic mass is 10.4. The number of esters is 1. The molecule has 0 bridgehead atoms. The van der Waals surface area contributed by atoms with Gasteiger partial charge in [-0.1, -0.05) is 11.8 Å². The number of hydrogen-bond donors (Lipinski definition) is 1. The van der Waals surface area contributed by atoms with Crippen molar-refractivity contribution in [2.75, 3.05) is 24.3 Å². The highest BCUT2D eigenvalue weighted by Crippen LogP contribution is 2.27. The molecule has 1 heterocycles. The first-order chi connectivity index (χ1) is 8.62. The van der Waals surface area contributed by atoms with E-state index in [1.54, 1.807) is 13.2 Å². The Balaban J connectivity index is 2.91. The fourth-order valence-corrected chi connectivity index (χ4v) is 2.49. The third-order valence-electron chi connectivity index (χ3n) is 1.80. The summed E-state index contributed by atoms with van der Waals surface area (Å²) >= 11 is 2.43. The van der Waals surface area contributed by atoms with Crippen molar-refractivity contribution in [3.8, 4) is 6.07 Å². The van der Waals surface area contributed by atoms with Crippen molar-refractivity contribution in [2.45, 2.75) is 17.0 Å². The Morgan fingerprint density at radius 1 is 1.50 bits per heavy atom. The highest BCUT2D eigenvalue weighted by Gasteiger charge is 2.15. The van der Waals surface area contributed by atoms with E-state index in [0.717, 1.165) is 11.8 Å². The van der Waals surface area contributed by atoms with E-state index >= 15 is 0 Å². The molecule has 0 aliphatic rings. The molecule has 2 N–H and O–H groups in total. The molecule has 0 radical (unpaired) electrons. The van der Waals surface area contributed by atoms with Gasteiger partial charge in [-0.25, -0.2) is 9.97 Å². The van der Waals surface area contributed by atoms with Crippen molar-refractivity contribution in [3.63, 3.8) is 0 Å². The second kappa shape index (κ2) is 7.08. The highest BCUT2D eigenvalue weighted by atomic mass is 32.2. The zero-order chi connectivity index (χ0) is 13.5. The van der Waals surface area contributed by atoms with E-state index in [4.69, 9.17) is 15.7 Å². The maximum absolute atomic E-state index is 11.2. The van der Waals surface area contributed by atoms with E-state index in [1.807, 2.05) is 6.07 Å². The first-order valence-corrected chi connectivity index (χ1v) is 7.23. The minimum Gasteiger partial charge on any atom is -0.465 e. The zero-order valence-corrected chi connectivity index (χ0v) is 11.6. The van der Waals surface area contributed by atoms with Crippen LogP contribution in [0.1, 0.15) is 12.5 Å². The molecule has 0 unspecified atom stereocenters. The van der Waals surface area contributed by atoms with Crippen LogP contribution in [0.15, 0.2) is 10.1 Å². The number of carbonyl (C=O) groups excluding carboxylic acids is 1. The molecule has 0 fully saturated rings. The molecule has 6 nitrogen and oxygen atoms in total. The van der Waals surface area contributed by atoms with Gasteiger partial charge in [-0.2, -0.15) is 5.26 Å². The van der Waals surface area contributed by atoms with Crippen LogP contribution in [0, 0.1) is 11.3 Å². The van der Waals surface area contributed by atoms with Crippen LogP contribution >= 0.6 is 23.5 Å². The van der Waals surface area contributed by atoms with Crippen LogP contribution in [0.2, 0.25) is 0 Å². The van der Waals surface area contributed by atoms with Crippen molar-refractivity contribution in [1.82, 2.24) is 9.97 Å². The second-order valence-electron chi connectivity index (χ2n) is 2.98. The van der Waals surface area contributed by atoms with Gasteiger partial charge in [-0.3, -0.25) is 4.79 Å². The van der Waals surface area contributed by atoms with Crippen LogP contribution in [-0.2, 0) is 9.53 Å². The second-order valence-corrected chi connectivity index (χ2v) is 4.74. The Bertz CT molecular complexity index is 488. The number of ether oxygens (including phenoxy) is 1. The van der Waals surface area contributed by atoms with Crippen molar-refractivity contribution in [2.24, 2.45) is 0 Å². The smallest absolute Gasteiger partial charge is 0.316 e. The van der Waals surface area contributed by atoms with Gasteiger partial charge in [0.2, 0.25) is 5.95 Å². The predicted octanol–water partition coefficient (Wildman–Crippen LogP) is 1.31. The molecule has 0 saturated heterocycles. The van der Waals surface area contributed by atoms with Crippen LogP contribution in [0.3, 0.4) is 0 Å². The molecule has 0 aliphatic carbocycles. The summed E-state index contributed by atoms with van der Waals surface area (Å²) in [7, 11) is 0. The van der Waals surface area contributed by atoms with Crippen molar-refractivity contribution >= 4 is 35.4 Å². The predicted molar refractivity (Wildman–Crippen MR) is 70.3 cm³/mol. The number of nitriles is 1. The topological polar surface area (TPSA) is 102 Å². The van der Waals surface area contributed by atoms with Gasteiger partial charge in [0, 0.05) is 0 Å². The van der Waals surface area contributed by atoms with Gasteiger partial charge in [0.05, 0.1) is 12.4 Å². The number of carbonyl (C=O) groups is 1. The number of rotatable bonds is 5. The van der Waals surface area contributed by atoms with Gasteiger partial charge < -0.3 is 10.5 Å². The number of anilines is 1. The average molecular weight is 284 g/mol. The van der Waals surface area contributed by atoms with Crippen molar-refractivity contribution in [3.05, 3.63) is 5.56 Å². The first kappa shape index (κ1) is 14.6. The molecule has 96 valence electrons. The van der Waals surface area contributed by atoms with Gasteiger partial charge >= 0.3 is 5.97 Å². The van der Waals surface area contributed by atoms with Crippen LogP contribution < -0.4 is 5.73 Å². The van der Waals surface area contributed by atoms with Gasteiger partial charge in [-0.05, 0) is 13.2 Å². The van der Waals surface area contributed by atoms with Crippen LogP contribution in [0.25, 0.3) is 0 Å². The van der Waals surface area contributed by atoms with Crippen molar-refractivity contribution < 1.29 is 9.53 Å². The lowest BCUT2D eigenvalue weighted by molar-refractivity contribution is -0.139. The van der Waals surface area contributed by atoms with Gasteiger partial charge in [-0.15, -0.1) is 11.8 Å². The molecule has 18 heavy (non-hydrogen) atoms. The maximum Gasteiger partial charge on any atom is 0.316 e. The minimum atomic E-state index is -0.353. The molecule has 0 aromatic carbocycles. The molecule has 0 spiro atoms. The van der Waals surface area contributed by atoms with E-state index in [0.29, 0.717) is 22.2 Å². The summed E-state index contributed by atoms with van der Waals surface area (Å²) in [6, 6.07) is 2.02. The van der Waals surface area contributed by atoms with Crippen molar-refractivity contribution in [1.29, 1.82) is 5.26 Å². The third-order valence-corrected chi connectivity index (χ3v) is 3.43. The Hall–Kier alpha value is -1.46. The number of thioether (sulfide) groups is 2. The monoisotopic (exact) mass is 284 g/mol. The van der Waals surface area contributed by atoms with Crippen LogP contribution in [-0.4, -0.2) is 34.6 Å². The normalized spacial score (nSPS) is 9.83. The van der Waals surface area contributed by atoms with Crippen LogP contribution in [0.5, 0.6) is 0 Å². The number of hydrogen-bond acceptors (Lipinski definition) is 8. The van der Waals surface area contributed by atoms with E-state index in [2.05, 4.69) is 9.97 Å². The maximum atomic E-state index is 11.2. The third kappa shape index (κ3) is 3.78. The zero-order valence-electron chi connectivity index (χ0n) is 9.97. The van der Waals surface area contributed by atoms with E-state index in [1.165, 1.54) is 11.8 Å². The number of nitrogens with zero attached hydrogens (tertiary/aromatic N) is 3. The molecule has 0 atom stereocenters. The van der Waals surface area contributed by atoms with Crippen LogP contribution in [0.4, 0.5) is 5.95 Å². The molecule has 8 heteroatoms. The summed E-state index contributed by atoms with van der Waals surface area (Å²) in [5.74, 6) is -0.175. The fraction of sp³-hybridized carbons (Fsp3) is 0.400. The minimum absolute atomic E-state index is 0.0877. The number of nitrogen functional groups attached to an aromatic ring is 1. The molecule has 1 aromatic rings. The quantitative estimate of drug-likeness (QED) is 0.490. The van der Waals surface area contributed by atoms with E-state index in [-0.39, 0.29) is 17.7 Å². The highest BCUT2D eigenvalue weighted by molar-refractivity contribution is 8.00.